The van der Waals surface area contributed by atoms with E-state index >= 15 is 0 Å². The summed E-state index contributed by atoms with van der Waals surface area (Å²) in [5, 5.41) is 0.764. The standard InChI is InChI=1S/C11H15ClN2/c1-14(2)11-8-9(4-3-7-13)5-6-10(11)12/h3-6,8H,7,13H2,1-2H3/b4-3+. The van der Waals surface area contributed by atoms with Crippen molar-refractivity contribution in [2.45, 2.75) is 0 Å². The van der Waals surface area contributed by atoms with E-state index in [1.165, 1.54) is 0 Å². The van der Waals surface area contributed by atoms with Crippen LogP contribution in [0.5, 0.6) is 0 Å². The number of benzene rings is 1. The van der Waals surface area contributed by atoms with E-state index in [9.17, 15) is 0 Å². The Kier molecular flexibility index (Phi) is 3.98. The molecular weight excluding hydrogens is 196 g/mol. The normalized spacial score (nSPS) is 10.9. The van der Waals surface area contributed by atoms with Crippen LogP contribution in [0.15, 0.2) is 24.3 Å². The first-order chi connectivity index (χ1) is 6.65. The summed E-state index contributed by atoms with van der Waals surface area (Å²) in [6.45, 7) is 0.555. The van der Waals surface area contributed by atoms with Crippen molar-refractivity contribution in [1.82, 2.24) is 0 Å². The maximum absolute atomic E-state index is 6.03. The van der Waals surface area contributed by atoms with E-state index in [2.05, 4.69) is 0 Å². The highest BCUT2D eigenvalue weighted by Gasteiger charge is 2.01. The van der Waals surface area contributed by atoms with Gasteiger partial charge in [-0.25, -0.2) is 0 Å². The Morgan fingerprint density at radius 2 is 2.14 bits per heavy atom. The molecule has 0 spiro atoms. The molecule has 0 aliphatic carbocycles. The van der Waals surface area contributed by atoms with Crippen LogP contribution in [0.4, 0.5) is 5.69 Å². The molecule has 1 rings (SSSR count). The minimum atomic E-state index is 0.555. The Morgan fingerprint density at radius 3 is 2.71 bits per heavy atom. The fourth-order valence-electron chi connectivity index (χ4n) is 1.18. The summed E-state index contributed by atoms with van der Waals surface area (Å²) < 4.78 is 0. The van der Waals surface area contributed by atoms with Gasteiger partial charge in [0.2, 0.25) is 0 Å². The lowest BCUT2D eigenvalue weighted by molar-refractivity contribution is 1.13. The van der Waals surface area contributed by atoms with Gasteiger partial charge >= 0.3 is 0 Å². The van der Waals surface area contributed by atoms with Gasteiger partial charge in [-0.15, -0.1) is 0 Å². The van der Waals surface area contributed by atoms with E-state index < -0.39 is 0 Å². The van der Waals surface area contributed by atoms with Crippen molar-refractivity contribution in [1.29, 1.82) is 0 Å². The number of halogens is 1. The molecule has 0 saturated heterocycles. The molecule has 0 heterocycles. The Morgan fingerprint density at radius 1 is 1.43 bits per heavy atom. The highest BCUT2D eigenvalue weighted by Crippen LogP contribution is 2.25. The van der Waals surface area contributed by atoms with Crippen molar-refractivity contribution < 1.29 is 0 Å². The molecule has 1 aromatic carbocycles. The quantitative estimate of drug-likeness (QED) is 0.830. The maximum Gasteiger partial charge on any atom is 0.0639 e. The molecular formula is C11H15ClN2. The van der Waals surface area contributed by atoms with Crippen molar-refractivity contribution in [2.75, 3.05) is 25.5 Å². The maximum atomic E-state index is 6.03. The smallest absolute Gasteiger partial charge is 0.0639 e. The Bertz CT molecular complexity index is 332. The lowest BCUT2D eigenvalue weighted by Gasteiger charge is -2.14. The molecule has 0 atom stereocenters. The van der Waals surface area contributed by atoms with Gasteiger partial charge in [-0.3, -0.25) is 0 Å². The molecule has 14 heavy (non-hydrogen) atoms. The fraction of sp³-hybridized carbons (Fsp3) is 0.273. The van der Waals surface area contributed by atoms with E-state index in [0.29, 0.717) is 6.54 Å². The van der Waals surface area contributed by atoms with E-state index in [1.807, 2.05) is 49.3 Å². The van der Waals surface area contributed by atoms with Crippen LogP contribution in [-0.2, 0) is 0 Å². The van der Waals surface area contributed by atoms with Gasteiger partial charge in [0, 0.05) is 20.6 Å². The fourth-order valence-corrected chi connectivity index (χ4v) is 1.47. The van der Waals surface area contributed by atoms with Crippen LogP contribution < -0.4 is 10.6 Å². The van der Waals surface area contributed by atoms with Gasteiger partial charge < -0.3 is 10.6 Å². The molecule has 0 saturated carbocycles. The molecule has 0 bridgehead atoms. The molecule has 0 unspecified atom stereocenters. The van der Waals surface area contributed by atoms with Gasteiger partial charge in [0.05, 0.1) is 10.7 Å². The lowest BCUT2D eigenvalue weighted by atomic mass is 10.2. The third kappa shape index (κ3) is 2.76. The van der Waals surface area contributed by atoms with Gasteiger partial charge in [0.25, 0.3) is 0 Å². The first-order valence-electron chi connectivity index (χ1n) is 4.48. The van der Waals surface area contributed by atoms with Crippen molar-refractivity contribution in [3.63, 3.8) is 0 Å². The predicted molar refractivity (Wildman–Crippen MR) is 63.9 cm³/mol. The Labute approximate surface area is 90.0 Å². The summed E-state index contributed by atoms with van der Waals surface area (Å²) in [7, 11) is 3.94. The predicted octanol–water partition coefficient (Wildman–Crippen LogP) is 2.38. The van der Waals surface area contributed by atoms with Crippen molar-refractivity contribution in [3.05, 3.63) is 34.9 Å². The largest absolute Gasteiger partial charge is 0.376 e. The Balaban J connectivity index is 3.00. The summed E-state index contributed by atoms with van der Waals surface area (Å²) in [4.78, 5) is 1.99. The van der Waals surface area contributed by atoms with Crippen molar-refractivity contribution in [3.8, 4) is 0 Å². The van der Waals surface area contributed by atoms with E-state index in [4.69, 9.17) is 17.3 Å². The average Bonchev–Trinajstić information content (AvgIpc) is 2.16. The lowest BCUT2D eigenvalue weighted by Crippen LogP contribution is -2.09. The average molecular weight is 211 g/mol. The molecule has 0 fully saturated rings. The Hall–Kier alpha value is -0.990. The monoisotopic (exact) mass is 210 g/mol. The van der Waals surface area contributed by atoms with E-state index in [0.717, 1.165) is 16.3 Å². The minimum Gasteiger partial charge on any atom is -0.376 e. The highest BCUT2D eigenvalue weighted by molar-refractivity contribution is 6.33. The molecule has 0 radical (unpaired) electrons. The second-order valence-corrected chi connectivity index (χ2v) is 3.65. The molecule has 0 aromatic heterocycles. The number of anilines is 1. The SMILES string of the molecule is CN(C)c1cc(/C=C/CN)ccc1Cl. The van der Waals surface area contributed by atoms with Crippen LogP contribution in [0, 0.1) is 0 Å². The molecule has 1 aromatic rings. The topological polar surface area (TPSA) is 29.3 Å². The van der Waals surface area contributed by atoms with Crippen LogP contribution in [0.1, 0.15) is 5.56 Å². The third-order valence-electron chi connectivity index (χ3n) is 1.90. The molecule has 0 amide bonds. The summed E-state index contributed by atoms with van der Waals surface area (Å²) >= 11 is 6.03. The van der Waals surface area contributed by atoms with Gasteiger partial charge in [0.1, 0.15) is 0 Å². The number of nitrogens with two attached hydrogens (primary N) is 1. The van der Waals surface area contributed by atoms with Crippen molar-refractivity contribution in [2.24, 2.45) is 5.73 Å². The zero-order chi connectivity index (χ0) is 10.6. The first-order valence-corrected chi connectivity index (χ1v) is 4.86. The molecule has 3 heteroatoms. The second kappa shape index (κ2) is 5.03. The zero-order valence-electron chi connectivity index (χ0n) is 8.50. The molecule has 0 aliphatic heterocycles. The van der Waals surface area contributed by atoms with E-state index in [1.54, 1.807) is 0 Å². The number of rotatable bonds is 3. The van der Waals surface area contributed by atoms with Gasteiger partial charge in [-0.1, -0.05) is 29.8 Å². The first kappa shape index (κ1) is 11.1. The van der Waals surface area contributed by atoms with Crippen LogP contribution in [0.3, 0.4) is 0 Å². The third-order valence-corrected chi connectivity index (χ3v) is 2.22. The molecule has 0 aliphatic rings. The van der Waals surface area contributed by atoms with E-state index in [-0.39, 0.29) is 0 Å². The van der Waals surface area contributed by atoms with Crippen LogP contribution in [0.25, 0.3) is 6.08 Å². The van der Waals surface area contributed by atoms with Crippen LogP contribution >= 0.6 is 11.6 Å². The van der Waals surface area contributed by atoms with Crippen LogP contribution in [-0.4, -0.2) is 20.6 Å². The molecule has 2 N–H and O–H groups in total. The number of nitrogens with zero attached hydrogens (tertiary/aromatic N) is 1. The van der Waals surface area contributed by atoms with Gasteiger partial charge in [0.15, 0.2) is 0 Å². The molecule has 76 valence electrons. The summed E-state index contributed by atoms with van der Waals surface area (Å²) in [6, 6.07) is 5.91. The minimum absolute atomic E-state index is 0.555. The highest BCUT2D eigenvalue weighted by atomic mass is 35.5. The van der Waals surface area contributed by atoms with Gasteiger partial charge in [-0.2, -0.15) is 0 Å². The summed E-state index contributed by atoms with van der Waals surface area (Å²) in [6.07, 6.45) is 3.91. The van der Waals surface area contributed by atoms with Crippen molar-refractivity contribution >= 4 is 23.4 Å². The van der Waals surface area contributed by atoms with Crippen LogP contribution in [0.2, 0.25) is 5.02 Å². The number of hydrogen-bond acceptors (Lipinski definition) is 2. The summed E-state index contributed by atoms with van der Waals surface area (Å²) in [5.41, 5.74) is 7.51. The zero-order valence-corrected chi connectivity index (χ0v) is 9.25. The summed E-state index contributed by atoms with van der Waals surface area (Å²) in [5.74, 6) is 0. The molecule has 2 nitrogen and oxygen atoms in total. The van der Waals surface area contributed by atoms with Gasteiger partial charge in [-0.05, 0) is 17.7 Å². The number of hydrogen-bond donors (Lipinski definition) is 1. The second-order valence-electron chi connectivity index (χ2n) is 3.24.